The summed E-state index contributed by atoms with van der Waals surface area (Å²) in [5.74, 6) is 0. The molecule has 0 radical (unpaired) electrons. The van der Waals surface area contributed by atoms with Gasteiger partial charge in [-0.3, -0.25) is 0 Å². The van der Waals surface area contributed by atoms with Gasteiger partial charge in [0, 0.05) is 27.5 Å². The van der Waals surface area contributed by atoms with Gasteiger partial charge in [0.05, 0.1) is 22.4 Å². The van der Waals surface area contributed by atoms with E-state index < -0.39 is 0 Å². The molecule has 1 aromatic heterocycles. The summed E-state index contributed by atoms with van der Waals surface area (Å²) in [6.45, 7) is 0. The number of benzene rings is 10. The first-order valence-electron chi connectivity index (χ1n) is 19.3. The van der Waals surface area contributed by atoms with Gasteiger partial charge >= 0.3 is 0 Å². The van der Waals surface area contributed by atoms with Gasteiger partial charge in [0.25, 0.3) is 0 Å². The molecule has 2 heteroatoms. The fourth-order valence-electron chi connectivity index (χ4n) is 8.63. The lowest BCUT2D eigenvalue weighted by Crippen LogP contribution is -2.11. The molecule has 11 aromatic rings. The molecule has 262 valence electrons. The minimum atomic E-state index is 1.11. The van der Waals surface area contributed by atoms with Crippen LogP contribution in [0.15, 0.2) is 218 Å². The van der Waals surface area contributed by atoms with Crippen molar-refractivity contribution in [1.82, 2.24) is 4.57 Å². The van der Waals surface area contributed by atoms with Crippen molar-refractivity contribution in [2.24, 2.45) is 0 Å². The van der Waals surface area contributed by atoms with Gasteiger partial charge in [0.15, 0.2) is 0 Å². The van der Waals surface area contributed by atoms with Crippen molar-refractivity contribution in [1.29, 1.82) is 0 Å². The molecule has 0 saturated heterocycles. The maximum atomic E-state index is 2.45. The van der Waals surface area contributed by atoms with Crippen molar-refractivity contribution in [2.45, 2.75) is 0 Å². The maximum absolute atomic E-state index is 2.45. The standard InChI is InChI=1S/C54H36N2/c1-2-16-46(17-3-1)55-51-20-9-8-19-49(51)54-52(55)22-11-23-53(54)56(50-21-10-15-39-13-6-7-18-48(39)50)47-32-30-38(31-33-47)41-26-27-44-36-45(29-28-43(44)35-41)42-25-24-37-12-4-5-14-40(37)34-42/h1-36H. The largest absolute Gasteiger partial charge is 0.309 e. The van der Waals surface area contributed by atoms with E-state index in [1.165, 1.54) is 76.4 Å². The lowest BCUT2D eigenvalue weighted by molar-refractivity contribution is 1.18. The van der Waals surface area contributed by atoms with Crippen molar-refractivity contribution in [3.8, 4) is 27.9 Å². The Kier molecular flexibility index (Phi) is 7.53. The van der Waals surface area contributed by atoms with Crippen molar-refractivity contribution in [2.75, 3.05) is 4.90 Å². The van der Waals surface area contributed by atoms with Gasteiger partial charge in [0.1, 0.15) is 0 Å². The Morgan fingerprint density at radius 2 is 0.804 bits per heavy atom. The van der Waals surface area contributed by atoms with Crippen LogP contribution >= 0.6 is 0 Å². The average Bonchev–Trinajstić information content (AvgIpc) is 3.62. The van der Waals surface area contributed by atoms with Crippen LogP contribution in [0.3, 0.4) is 0 Å². The van der Waals surface area contributed by atoms with Crippen LogP contribution in [0.5, 0.6) is 0 Å². The van der Waals surface area contributed by atoms with Gasteiger partial charge < -0.3 is 9.47 Å². The molecule has 0 aliphatic rings. The van der Waals surface area contributed by atoms with E-state index in [0.717, 1.165) is 22.7 Å². The number of hydrogen-bond donors (Lipinski definition) is 0. The van der Waals surface area contributed by atoms with E-state index in [2.05, 4.69) is 228 Å². The molecule has 0 aliphatic heterocycles. The molecule has 0 bridgehead atoms. The van der Waals surface area contributed by atoms with E-state index >= 15 is 0 Å². The summed E-state index contributed by atoms with van der Waals surface area (Å²) in [5.41, 5.74) is 11.8. The number of rotatable bonds is 6. The van der Waals surface area contributed by atoms with Crippen LogP contribution in [0, 0.1) is 0 Å². The third kappa shape index (κ3) is 5.34. The molecule has 0 saturated carbocycles. The minimum absolute atomic E-state index is 1.11. The van der Waals surface area contributed by atoms with Gasteiger partial charge in [0.2, 0.25) is 0 Å². The van der Waals surface area contributed by atoms with Crippen LogP contribution in [0.2, 0.25) is 0 Å². The summed E-state index contributed by atoms with van der Waals surface area (Å²) in [6, 6.07) is 79.5. The Morgan fingerprint density at radius 1 is 0.304 bits per heavy atom. The smallest absolute Gasteiger partial charge is 0.0562 e. The predicted molar refractivity (Wildman–Crippen MR) is 239 cm³/mol. The van der Waals surface area contributed by atoms with Crippen molar-refractivity contribution in [3.63, 3.8) is 0 Å². The van der Waals surface area contributed by atoms with Gasteiger partial charge in [-0.2, -0.15) is 0 Å². The monoisotopic (exact) mass is 712 g/mol. The van der Waals surface area contributed by atoms with E-state index in [4.69, 9.17) is 0 Å². The Balaban J connectivity index is 1.03. The lowest BCUT2D eigenvalue weighted by atomic mass is 9.96. The van der Waals surface area contributed by atoms with Crippen LogP contribution < -0.4 is 4.90 Å². The number of fused-ring (bicyclic) bond motifs is 6. The fraction of sp³-hybridized carbons (Fsp3) is 0. The number of anilines is 3. The SMILES string of the molecule is c1ccc(-n2c3ccccc3c3c(N(c4ccc(-c5ccc6cc(-c7ccc8ccccc8c7)ccc6c5)cc4)c4cccc5ccccc45)cccc32)cc1. The molecule has 11 rings (SSSR count). The molecule has 10 aromatic carbocycles. The van der Waals surface area contributed by atoms with Gasteiger partial charge in [-0.25, -0.2) is 0 Å². The Hall–Kier alpha value is -7.42. The predicted octanol–water partition coefficient (Wildman–Crippen LogP) is 15.0. The van der Waals surface area contributed by atoms with Crippen molar-refractivity contribution in [3.05, 3.63) is 218 Å². The van der Waals surface area contributed by atoms with E-state index in [1.54, 1.807) is 0 Å². The second kappa shape index (κ2) is 13.2. The van der Waals surface area contributed by atoms with E-state index in [1.807, 2.05) is 0 Å². The molecular formula is C54H36N2. The number of hydrogen-bond acceptors (Lipinski definition) is 1. The highest BCUT2D eigenvalue weighted by atomic mass is 15.1. The fourth-order valence-corrected chi connectivity index (χ4v) is 8.63. The van der Waals surface area contributed by atoms with E-state index in [0.29, 0.717) is 0 Å². The number of aromatic nitrogens is 1. The zero-order valence-electron chi connectivity index (χ0n) is 30.7. The molecule has 0 spiro atoms. The third-order valence-corrected chi connectivity index (χ3v) is 11.3. The first-order valence-corrected chi connectivity index (χ1v) is 19.3. The summed E-state index contributed by atoms with van der Waals surface area (Å²) in [7, 11) is 0. The first-order chi connectivity index (χ1) is 27.8. The normalized spacial score (nSPS) is 11.6. The molecule has 2 nitrogen and oxygen atoms in total. The minimum Gasteiger partial charge on any atom is -0.309 e. The molecule has 0 fully saturated rings. The quantitative estimate of drug-likeness (QED) is 0.167. The number of nitrogens with zero attached hydrogens (tertiary/aromatic N) is 2. The molecule has 0 N–H and O–H groups in total. The molecule has 0 amide bonds. The van der Waals surface area contributed by atoms with Gasteiger partial charge in [-0.1, -0.05) is 152 Å². The summed E-state index contributed by atoms with van der Waals surface area (Å²) in [5, 5.41) is 9.87. The highest BCUT2D eigenvalue weighted by molar-refractivity contribution is 6.17. The van der Waals surface area contributed by atoms with Gasteiger partial charge in [-0.15, -0.1) is 0 Å². The highest BCUT2D eigenvalue weighted by Gasteiger charge is 2.22. The second-order valence-electron chi connectivity index (χ2n) is 14.6. The summed E-state index contributed by atoms with van der Waals surface area (Å²) in [6.07, 6.45) is 0. The Bertz CT molecular complexity index is 3240. The lowest BCUT2D eigenvalue weighted by Gasteiger charge is -2.28. The third-order valence-electron chi connectivity index (χ3n) is 11.3. The summed E-state index contributed by atoms with van der Waals surface area (Å²) >= 11 is 0. The van der Waals surface area contributed by atoms with Crippen LogP contribution in [0.4, 0.5) is 17.1 Å². The number of para-hydroxylation sites is 2. The zero-order chi connectivity index (χ0) is 37.0. The second-order valence-corrected chi connectivity index (χ2v) is 14.6. The molecular weight excluding hydrogens is 677 g/mol. The van der Waals surface area contributed by atoms with Crippen LogP contribution in [0.25, 0.3) is 82.1 Å². The van der Waals surface area contributed by atoms with Crippen LogP contribution in [-0.4, -0.2) is 4.57 Å². The van der Waals surface area contributed by atoms with Crippen molar-refractivity contribution < 1.29 is 0 Å². The van der Waals surface area contributed by atoms with E-state index in [-0.39, 0.29) is 0 Å². The molecule has 0 unspecified atom stereocenters. The van der Waals surface area contributed by atoms with Gasteiger partial charge in [-0.05, 0) is 116 Å². The first kappa shape index (κ1) is 32.0. The Morgan fingerprint density at radius 3 is 1.55 bits per heavy atom. The summed E-state index contributed by atoms with van der Waals surface area (Å²) in [4.78, 5) is 2.45. The molecule has 0 aliphatic carbocycles. The Labute approximate surface area is 325 Å². The van der Waals surface area contributed by atoms with E-state index in [9.17, 15) is 0 Å². The molecule has 0 atom stereocenters. The topological polar surface area (TPSA) is 8.17 Å². The van der Waals surface area contributed by atoms with Crippen molar-refractivity contribution >= 4 is 71.2 Å². The molecule has 1 heterocycles. The van der Waals surface area contributed by atoms with Crippen LogP contribution in [0.1, 0.15) is 0 Å². The molecule has 56 heavy (non-hydrogen) atoms. The highest BCUT2D eigenvalue weighted by Crippen LogP contribution is 2.46. The maximum Gasteiger partial charge on any atom is 0.0562 e. The average molecular weight is 713 g/mol. The zero-order valence-corrected chi connectivity index (χ0v) is 30.7. The van der Waals surface area contributed by atoms with Crippen LogP contribution in [-0.2, 0) is 0 Å². The summed E-state index contributed by atoms with van der Waals surface area (Å²) < 4.78 is 2.39.